The molecule has 0 aliphatic heterocycles. The molecule has 0 bridgehead atoms. The second-order valence-electron chi connectivity index (χ2n) is 4.42. The van der Waals surface area contributed by atoms with Gasteiger partial charge >= 0.3 is 0 Å². The maximum atomic E-state index is 13.1. The van der Waals surface area contributed by atoms with E-state index < -0.39 is 5.82 Å². The molecule has 0 heterocycles. The van der Waals surface area contributed by atoms with E-state index in [1.807, 2.05) is 31.2 Å². The molecule has 0 aliphatic rings. The number of hydrogen-bond donors (Lipinski definition) is 2. The van der Waals surface area contributed by atoms with Gasteiger partial charge in [0.25, 0.3) is 0 Å². The minimum atomic E-state index is -0.424. The summed E-state index contributed by atoms with van der Waals surface area (Å²) in [5.74, 6) is -0.424. The van der Waals surface area contributed by atoms with Crippen molar-refractivity contribution in [2.24, 2.45) is 5.73 Å². The molecule has 2 aromatic rings. The number of benzene rings is 2. The molecule has 2 aromatic carbocycles. The molecule has 100 valence electrons. The van der Waals surface area contributed by atoms with Crippen molar-refractivity contribution < 1.29 is 4.39 Å². The van der Waals surface area contributed by atoms with Gasteiger partial charge in [-0.2, -0.15) is 0 Å². The van der Waals surface area contributed by atoms with Crippen LogP contribution in [0.15, 0.2) is 42.5 Å². The zero-order valence-corrected chi connectivity index (χ0v) is 11.4. The molecular weight excluding hydrogens is 263 g/mol. The van der Waals surface area contributed by atoms with Crippen molar-refractivity contribution in [1.82, 2.24) is 0 Å². The molecule has 2 rings (SSSR count). The number of hydrogen-bond acceptors (Lipinski definition) is 2. The molecule has 0 radical (unpaired) electrons. The van der Waals surface area contributed by atoms with Crippen LogP contribution in [0.4, 0.5) is 10.1 Å². The highest BCUT2D eigenvalue weighted by Crippen LogP contribution is 2.25. The fourth-order valence-electron chi connectivity index (χ4n) is 2.03. The molecule has 1 atom stereocenters. The molecule has 4 heteroatoms. The van der Waals surface area contributed by atoms with Crippen LogP contribution in [0.3, 0.4) is 0 Å². The van der Waals surface area contributed by atoms with Gasteiger partial charge in [-0.25, -0.2) is 4.39 Å². The molecule has 0 amide bonds. The van der Waals surface area contributed by atoms with Crippen molar-refractivity contribution in [3.63, 3.8) is 0 Å². The van der Waals surface area contributed by atoms with Crippen molar-refractivity contribution in [2.45, 2.75) is 13.0 Å². The lowest BCUT2D eigenvalue weighted by Gasteiger charge is -2.20. The van der Waals surface area contributed by atoms with E-state index in [9.17, 15) is 4.39 Å². The first-order valence-corrected chi connectivity index (χ1v) is 6.47. The van der Waals surface area contributed by atoms with Gasteiger partial charge in [0.2, 0.25) is 0 Å². The van der Waals surface area contributed by atoms with E-state index in [4.69, 9.17) is 17.3 Å². The summed E-state index contributed by atoms with van der Waals surface area (Å²) in [6, 6.07) is 12.6. The Balaban J connectivity index is 2.24. The highest BCUT2D eigenvalue weighted by molar-refractivity contribution is 6.31. The van der Waals surface area contributed by atoms with E-state index in [1.54, 1.807) is 12.1 Å². The summed E-state index contributed by atoms with van der Waals surface area (Å²) < 4.78 is 13.1. The van der Waals surface area contributed by atoms with Gasteiger partial charge in [-0.3, -0.25) is 0 Å². The van der Waals surface area contributed by atoms with Crippen molar-refractivity contribution in [1.29, 1.82) is 0 Å². The molecule has 3 N–H and O–H groups in total. The third-order valence-corrected chi connectivity index (χ3v) is 3.35. The van der Waals surface area contributed by atoms with Gasteiger partial charge in [-0.15, -0.1) is 0 Å². The van der Waals surface area contributed by atoms with E-state index in [-0.39, 0.29) is 11.1 Å². The zero-order valence-electron chi connectivity index (χ0n) is 10.7. The lowest BCUT2D eigenvalue weighted by molar-refractivity contribution is 0.628. The number of aryl methyl sites for hydroxylation is 1. The predicted molar refractivity (Wildman–Crippen MR) is 78.0 cm³/mol. The van der Waals surface area contributed by atoms with Gasteiger partial charge in [0.15, 0.2) is 0 Å². The maximum absolute atomic E-state index is 13.1. The van der Waals surface area contributed by atoms with Crippen molar-refractivity contribution in [3.8, 4) is 0 Å². The van der Waals surface area contributed by atoms with Crippen molar-refractivity contribution >= 4 is 17.3 Å². The largest absolute Gasteiger partial charge is 0.377 e. The average Bonchev–Trinajstić information content (AvgIpc) is 2.41. The summed E-state index contributed by atoms with van der Waals surface area (Å²) in [6.45, 7) is 2.48. The smallest absolute Gasteiger partial charge is 0.141 e. The lowest BCUT2D eigenvalue weighted by Crippen LogP contribution is -2.21. The predicted octanol–water partition coefficient (Wildman–Crippen LogP) is 3.90. The highest BCUT2D eigenvalue weighted by atomic mass is 35.5. The van der Waals surface area contributed by atoms with Crippen LogP contribution in [0, 0.1) is 12.7 Å². The molecule has 0 aliphatic carbocycles. The Kier molecular flexibility index (Phi) is 4.40. The fraction of sp³-hybridized carbons (Fsp3) is 0.200. The Labute approximate surface area is 117 Å². The van der Waals surface area contributed by atoms with E-state index >= 15 is 0 Å². The number of halogens is 2. The van der Waals surface area contributed by atoms with Crippen molar-refractivity contribution in [2.75, 3.05) is 11.9 Å². The summed E-state index contributed by atoms with van der Waals surface area (Å²) in [5.41, 5.74) is 8.87. The van der Waals surface area contributed by atoms with E-state index in [2.05, 4.69) is 5.32 Å². The monoisotopic (exact) mass is 278 g/mol. The number of anilines is 1. The minimum absolute atomic E-state index is 0.0253. The van der Waals surface area contributed by atoms with Crippen LogP contribution in [-0.2, 0) is 0 Å². The molecule has 2 nitrogen and oxygen atoms in total. The van der Waals surface area contributed by atoms with Crippen LogP contribution in [-0.4, -0.2) is 6.54 Å². The molecule has 0 fully saturated rings. The first kappa shape index (κ1) is 13.8. The van der Waals surface area contributed by atoms with Crippen LogP contribution in [0.2, 0.25) is 5.02 Å². The summed E-state index contributed by atoms with van der Waals surface area (Å²) in [4.78, 5) is 0. The molecule has 0 saturated heterocycles. The summed E-state index contributed by atoms with van der Waals surface area (Å²) in [7, 11) is 0. The third kappa shape index (κ3) is 3.25. The number of nitrogens with one attached hydrogen (secondary N) is 1. The SMILES string of the molecule is Cc1ccccc1C(CN)Nc1ccc(F)c(Cl)c1. The Morgan fingerprint density at radius 3 is 2.63 bits per heavy atom. The Morgan fingerprint density at radius 1 is 1.26 bits per heavy atom. The second-order valence-corrected chi connectivity index (χ2v) is 4.83. The van der Waals surface area contributed by atoms with Crippen molar-refractivity contribution in [3.05, 3.63) is 64.4 Å². The van der Waals surface area contributed by atoms with Gasteiger partial charge in [0.1, 0.15) is 5.82 Å². The number of rotatable bonds is 4. The Morgan fingerprint density at radius 2 is 2.00 bits per heavy atom. The molecule has 0 saturated carbocycles. The summed E-state index contributed by atoms with van der Waals surface area (Å²) in [5, 5.41) is 3.38. The summed E-state index contributed by atoms with van der Waals surface area (Å²) in [6.07, 6.45) is 0. The normalized spacial score (nSPS) is 12.2. The maximum Gasteiger partial charge on any atom is 0.141 e. The summed E-state index contributed by atoms with van der Waals surface area (Å²) >= 11 is 5.77. The van der Waals surface area contributed by atoms with Crippen LogP contribution in [0.1, 0.15) is 17.2 Å². The van der Waals surface area contributed by atoms with Gasteiger partial charge < -0.3 is 11.1 Å². The van der Waals surface area contributed by atoms with Gasteiger partial charge in [-0.05, 0) is 36.2 Å². The first-order chi connectivity index (χ1) is 9.11. The zero-order chi connectivity index (χ0) is 13.8. The molecule has 0 spiro atoms. The first-order valence-electron chi connectivity index (χ1n) is 6.09. The van der Waals surface area contributed by atoms with Gasteiger partial charge in [-0.1, -0.05) is 35.9 Å². The quantitative estimate of drug-likeness (QED) is 0.890. The highest BCUT2D eigenvalue weighted by Gasteiger charge is 2.12. The van der Waals surface area contributed by atoms with E-state index in [0.29, 0.717) is 6.54 Å². The standard InChI is InChI=1S/C15H16ClFN2/c1-10-4-2-3-5-12(10)15(9-18)19-11-6-7-14(17)13(16)8-11/h2-8,15,19H,9,18H2,1H3. The van der Waals surface area contributed by atoms with Gasteiger partial charge in [0, 0.05) is 12.2 Å². The molecule has 0 aromatic heterocycles. The van der Waals surface area contributed by atoms with Crippen LogP contribution >= 0.6 is 11.6 Å². The molecular formula is C15H16ClFN2. The van der Waals surface area contributed by atoms with Gasteiger partial charge in [0.05, 0.1) is 11.1 Å². The second kappa shape index (κ2) is 6.04. The molecule has 1 unspecified atom stereocenters. The Bertz CT molecular complexity index is 572. The lowest BCUT2D eigenvalue weighted by atomic mass is 10.0. The van der Waals surface area contributed by atoms with Crippen LogP contribution in [0.25, 0.3) is 0 Å². The van der Waals surface area contributed by atoms with E-state index in [0.717, 1.165) is 11.3 Å². The minimum Gasteiger partial charge on any atom is -0.377 e. The number of nitrogens with two attached hydrogens (primary N) is 1. The fourth-order valence-corrected chi connectivity index (χ4v) is 2.21. The van der Waals surface area contributed by atoms with Crippen LogP contribution in [0.5, 0.6) is 0 Å². The topological polar surface area (TPSA) is 38.0 Å². The van der Waals surface area contributed by atoms with E-state index in [1.165, 1.54) is 11.6 Å². The average molecular weight is 279 g/mol. The molecule has 19 heavy (non-hydrogen) atoms. The van der Waals surface area contributed by atoms with Crippen LogP contribution < -0.4 is 11.1 Å². The Hall–Kier alpha value is -1.58. The third-order valence-electron chi connectivity index (χ3n) is 3.06.